The van der Waals surface area contributed by atoms with Crippen LogP contribution in [0.15, 0.2) is 49.1 Å². The second-order valence-corrected chi connectivity index (χ2v) is 22.1. The van der Waals surface area contributed by atoms with E-state index in [1.165, 1.54) is 87.7 Å². The molecule has 0 spiro atoms. The Morgan fingerprint density at radius 2 is 0.929 bits per heavy atom. The van der Waals surface area contributed by atoms with Gasteiger partial charge in [0, 0.05) is 12.4 Å². The zero-order chi connectivity index (χ0) is 39.5. The number of fused-ring (bicyclic) bond motifs is 10. The lowest BCUT2D eigenvalue weighted by Gasteiger charge is -2.61. The predicted octanol–water partition coefficient (Wildman–Crippen LogP) is 12.0. The Bertz CT molecular complexity index is 1770. The second kappa shape index (κ2) is 13.5. The first-order valence-corrected chi connectivity index (χ1v) is 22.5. The van der Waals surface area contributed by atoms with E-state index in [0.717, 1.165) is 73.3 Å². The molecule has 0 aromatic carbocycles. The van der Waals surface area contributed by atoms with E-state index >= 15 is 0 Å². The average Bonchev–Trinajstić information content (AvgIpc) is 3.69. The van der Waals surface area contributed by atoms with Crippen molar-refractivity contribution < 1.29 is 19.0 Å². The Kier molecular flexibility index (Phi) is 9.44. The van der Waals surface area contributed by atoms with Crippen LogP contribution in [-0.2, 0) is 0 Å². The second-order valence-electron chi connectivity index (χ2n) is 22.1. The fraction of sp³-hybridized carbons (Fsp3) is 0.720. The highest BCUT2D eigenvalue weighted by molar-refractivity contribution is 5.73. The summed E-state index contributed by atoms with van der Waals surface area (Å²) in [6, 6.07) is 3.33. The maximum Gasteiger partial charge on any atom is 0.142 e. The summed E-state index contributed by atoms with van der Waals surface area (Å²) in [5.74, 6) is 5.29. The average molecular weight is 767 g/mol. The number of aromatic nitrogens is 2. The summed E-state index contributed by atoms with van der Waals surface area (Å²) in [5, 5.41) is 21.3. The number of rotatable bonds is 2. The lowest BCUT2D eigenvalue weighted by molar-refractivity contribution is -0.138. The van der Waals surface area contributed by atoms with Crippen LogP contribution in [0, 0.1) is 80.6 Å². The maximum atomic E-state index is 13.8. The molecule has 2 aromatic heterocycles. The predicted molar refractivity (Wildman–Crippen MR) is 220 cm³/mol. The summed E-state index contributed by atoms with van der Waals surface area (Å²) < 4.78 is 27.7. The summed E-state index contributed by atoms with van der Waals surface area (Å²) >= 11 is 0. The van der Waals surface area contributed by atoms with Gasteiger partial charge >= 0.3 is 0 Å². The van der Waals surface area contributed by atoms with Crippen LogP contribution in [0.25, 0.3) is 11.1 Å². The van der Waals surface area contributed by atoms with E-state index in [2.05, 4.69) is 49.8 Å². The molecule has 6 fully saturated rings. The van der Waals surface area contributed by atoms with E-state index in [1.54, 1.807) is 12.1 Å². The van der Waals surface area contributed by atoms with Crippen molar-refractivity contribution in [1.29, 1.82) is 0 Å². The monoisotopic (exact) mass is 767 g/mol. The van der Waals surface area contributed by atoms with E-state index in [4.69, 9.17) is 0 Å². The van der Waals surface area contributed by atoms with Crippen LogP contribution in [-0.4, -0.2) is 31.4 Å². The van der Waals surface area contributed by atoms with E-state index < -0.39 is 11.2 Å². The molecule has 10 rings (SSSR count). The van der Waals surface area contributed by atoms with Gasteiger partial charge in [-0.15, -0.1) is 0 Å². The first-order chi connectivity index (χ1) is 26.5. The fourth-order valence-electron chi connectivity index (χ4n) is 16.0. The molecule has 0 aliphatic heterocycles. The molecule has 304 valence electrons. The van der Waals surface area contributed by atoms with Gasteiger partial charge in [-0.25, -0.2) is 8.78 Å². The molecule has 8 aliphatic carbocycles. The van der Waals surface area contributed by atoms with E-state index in [-0.39, 0.29) is 22.5 Å². The number of hydrogen-bond acceptors (Lipinski definition) is 4. The zero-order valence-corrected chi connectivity index (χ0v) is 35.1. The molecule has 0 bridgehead atoms. The van der Waals surface area contributed by atoms with Crippen molar-refractivity contribution in [3.63, 3.8) is 0 Å². The van der Waals surface area contributed by atoms with E-state index in [1.807, 2.05) is 26.2 Å². The van der Waals surface area contributed by atoms with Crippen LogP contribution < -0.4 is 0 Å². The van der Waals surface area contributed by atoms with Gasteiger partial charge in [0.25, 0.3) is 0 Å². The largest absolute Gasteiger partial charge is 0.390 e. The summed E-state index contributed by atoms with van der Waals surface area (Å²) in [7, 11) is 0. The van der Waals surface area contributed by atoms with Crippen molar-refractivity contribution in [3.8, 4) is 0 Å². The molecule has 8 aliphatic rings. The van der Waals surface area contributed by atoms with Gasteiger partial charge in [-0.1, -0.05) is 39.8 Å². The van der Waals surface area contributed by atoms with Crippen LogP contribution in [0.2, 0.25) is 0 Å². The molecule has 0 amide bonds. The van der Waals surface area contributed by atoms with Crippen molar-refractivity contribution in [2.24, 2.45) is 69.0 Å². The van der Waals surface area contributed by atoms with Crippen molar-refractivity contribution in [2.45, 2.75) is 155 Å². The zero-order valence-electron chi connectivity index (χ0n) is 35.1. The van der Waals surface area contributed by atoms with E-state index in [9.17, 15) is 19.0 Å². The lowest BCUT2D eigenvalue weighted by atomic mass is 9.44. The molecule has 2 heterocycles. The normalized spacial score (nSPS) is 47.7. The number of allylic oxidation sites excluding steroid dienone is 4. The summed E-state index contributed by atoms with van der Waals surface area (Å²) in [4.78, 5) is 8.24. The van der Waals surface area contributed by atoms with Gasteiger partial charge < -0.3 is 10.2 Å². The molecular weight excluding hydrogens is 699 g/mol. The van der Waals surface area contributed by atoms with Crippen molar-refractivity contribution in [1.82, 2.24) is 9.97 Å². The number of aliphatic hydroxyl groups is 2. The molecule has 0 radical (unpaired) electrons. The lowest BCUT2D eigenvalue weighted by Crippen LogP contribution is -2.55. The highest BCUT2D eigenvalue weighted by Crippen LogP contribution is 2.70. The Morgan fingerprint density at radius 1 is 0.518 bits per heavy atom. The maximum absolute atomic E-state index is 13.8. The minimum atomic E-state index is -0.466. The van der Waals surface area contributed by atoms with Crippen LogP contribution in [0.5, 0.6) is 0 Å². The van der Waals surface area contributed by atoms with Crippen LogP contribution in [0.1, 0.15) is 155 Å². The van der Waals surface area contributed by atoms with Crippen LogP contribution >= 0.6 is 0 Å². The molecule has 2 N–H and O–H groups in total. The quantitative estimate of drug-likeness (QED) is 0.319. The van der Waals surface area contributed by atoms with Gasteiger partial charge in [-0.2, -0.15) is 0 Å². The third-order valence-electron chi connectivity index (χ3n) is 19.1. The van der Waals surface area contributed by atoms with Gasteiger partial charge in [-0.3, -0.25) is 9.97 Å². The van der Waals surface area contributed by atoms with Gasteiger partial charge in [-0.05, 0) is 220 Å². The standard InChI is InChI=1S/2C25H34FNO/c2*1-23(28)10-11-24(2)17(13-23)4-5-19-21-7-6-20(16-12-18(26)15-27-14-16)25(21,3)9-8-22(19)24/h2*6,12,14-15,17,19,21-22,28H,4-5,7-11,13H2,1-3H3/t17?,19-,21-,22-,23+,24-,25+;17?,19-,21-,22-,23-,24-,25+/m00/s1. The van der Waals surface area contributed by atoms with Gasteiger partial charge in [0.1, 0.15) is 11.6 Å². The van der Waals surface area contributed by atoms with Crippen LogP contribution in [0.4, 0.5) is 8.78 Å². The molecule has 6 saturated carbocycles. The van der Waals surface area contributed by atoms with Crippen LogP contribution in [0.3, 0.4) is 0 Å². The van der Waals surface area contributed by atoms with Gasteiger partial charge in [0.05, 0.1) is 23.6 Å². The summed E-state index contributed by atoms with van der Waals surface area (Å²) in [6.45, 7) is 14.0. The fourth-order valence-corrected chi connectivity index (χ4v) is 16.0. The molecule has 2 unspecified atom stereocenters. The Morgan fingerprint density at radius 3 is 1.32 bits per heavy atom. The highest BCUT2D eigenvalue weighted by atomic mass is 19.1. The van der Waals surface area contributed by atoms with Gasteiger partial charge in [0.2, 0.25) is 0 Å². The Hall–Kier alpha value is -2.44. The number of halogens is 2. The SMILES string of the molecule is C[C@@]1(O)CC[C@@]2(C)C(CC[C@@H]3[C@@H]2CC[C@]2(C)C(c4cncc(F)c4)=CC[C@@H]32)C1.C[C@]1(O)CC[C@@]2(C)C(CC[C@@H]3[C@@H]2CC[C@]2(C)C(c4cncc(F)c4)=CC[C@@H]32)C1. The molecular formula is C50H68F2N2O2. The van der Waals surface area contributed by atoms with Crippen molar-refractivity contribution in [2.75, 3.05) is 0 Å². The van der Waals surface area contributed by atoms with Crippen molar-refractivity contribution >= 4 is 11.1 Å². The molecule has 6 heteroatoms. The molecule has 0 saturated heterocycles. The molecule has 56 heavy (non-hydrogen) atoms. The topological polar surface area (TPSA) is 66.2 Å². The first kappa shape index (κ1) is 39.0. The molecule has 2 aromatic rings. The minimum Gasteiger partial charge on any atom is -0.390 e. The minimum absolute atomic E-state index is 0.153. The third kappa shape index (κ3) is 6.22. The summed E-state index contributed by atoms with van der Waals surface area (Å²) in [5.41, 5.74) is 4.78. The number of pyridine rings is 2. The number of hydrogen-bond donors (Lipinski definition) is 2. The molecule has 14 atom stereocenters. The Labute approximate surface area is 335 Å². The Balaban J connectivity index is 0.000000146. The van der Waals surface area contributed by atoms with E-state index in [0.29, 0.717) is 34.5 Å². The molecule has 4 nitrogen and oxygen atoms in total. The van der Waals surface area contributed by atoms with Crippen molar-refractivity contribution in [3.05, 3.63) is 71.8 Å². The third-order valence-corrected chi connectivity index (χ3v) is 19.1. The highest BCUT2D eigenvalue weighted by Gasteiger charge is 2.61. The first-order valence-electron chi connectivity index (χ1n) is 22.5. The number of nitrogens with zero attached hydrogens (tertiary/aromatic N) is 2. The van der Waals surface area contributed by atoms with Gasteiger partial charge in [0.15, 0.2) is 0 Å². The summed E-state index contributed by atoms with van der Waals surface area (Å²) in [6.07, 6.45) is 29.6. The smallest absolute Gasteiger partial charge is 0.142 e.